The number of rotatable bonds is 12. The van der Waals surface area contributed by atoms with Gasteiger partial charge in [-0.1, -0.05) is 0 Å². The lowest BCUT2D eigenvalue weighted by atomic mass is 10.2. The summed E-state index contributed by atoms with van der Waals surface area (Å²) in [7, 11) is 0. The maximum atomic E-state index is 11.6. The van der Waals surface area contributed by atoms with Crippen LogP contribution in [0.15, 0.2) is 0 Å². The van der Waals surface area contributed by atoms with Gasteiger partial charge in [0.25, 0.3) is 0 Å². The Bertz CT molecular complexity index is 523. The highest BCUT2D eigenvalue weighted by Crippen LogP contribution is 2.09. The molecule has 0 aromatic rings. The van der Waals surface area contributed by atoms with Crippen LogP contribution in [-0.2, 0) is 19.1 Å². The van der Waals surface area contributed by atoms with Crippen molar-refractivity contribution in [3.05, 3.63) is 0 Å². The number of amides is 4. The standard InChI is InChI=1S/C19H32N4O6/c24-16-6-4-10-22(16)12-14-28-18(26)20-8-2-1-3-9-21-19(27)29-15-13-23-11-5-7-17(23)25/h1-15H2,(H,20,26)(H,21,27). The normalized spacial score (nSPS) is 16.3. The van der Waals surface area contributed by atoms with Gasteiger partial charge in [-0.25, -0.2) is 9.59 Å². The molecule has 10 heteroatoms. The van der Waals surface area contributed by atoms with Crippen molar-refractivity contribution in [2.45, 2.75) is 44.9 Å². The van der Waals surface area contributed by atoms with Crippen LogP contribution in [0.25, 0.3) is 0 Å². The van der Waals surface area contributed by atoms with Gasteiger partial charge in [-0.3, -0.25) is 9.59 Å². The van der Waals surface area contributed by atoms with E-state index in [1.807, 2.05) is 0 Å². The number of carbonyl (C=O) groups excluding carboxylic acids is 4. The molecule has 2 fully saturated rings. The molecule has 164 valence electrons. The second-order valence-corrected chi connectivity index (χ2v) is 7.15. The number of unbranched alkanes of at least 4 members (excludes halogenated alkanes) is 2. The number of likely N-dealkylation sites (tertiary alicyclic amines) is 2. The summed E-state index contributed by atoms with van der Waals surface area (Å²) in [5, 5.41) is 5.34. The average molecular weight is 412 g/mol. The smallest absolute Gasteiger partial charge is 0.407 e. The first-order valence-electron chi connectivity index (χ1n) is 10.4. The van der Waals surface area contributed by atoms with Crippen molar-refractivity contribution < 1.29 is 28.7 Å². The largest absolute Gasteiger partial charge is 0.448 e. The minimum Gasteiger partial charge on any atom is -0.448 e. The van der Waals surface area contributed by atoms with E-state index >= 15 is 0 Å². The monoisotopic (exact) mass is 412 g/mol. The first-order chi connectivity index (χ1) is 14.1. The molecule has 0 radical (unpaired) electrons. The van der Waals surface area contributed by atoms with Crippen molar-refractivity contribution in [1.29, 1.82) is 0 Å². The summed E-state index contributed by atoms with van der Waals surface area (Å²) in [4.78, 5) is 49.4. The fraction of sp³-hybridized carbons (Fsp3) is 0.789. The second-order valence-electron chi connectivity index (χ2n) is 7.15. The van der Waals surface area contributed by atoms with Crippen LogP contribution in [-0.4, -0.2) is 86.3 Å². The van der Waals surface area contributed by atoms with Gasteiger partial charge in [0.15, 0.2) is 0 Å². The summed E-state index contributed by atoms with van der Waals surface area (Å²) in [6.45, 7) is 3.77. The Morgan fingerprint density at radius 2 is 1.21 bits per heavy atom. The third kappa shape index (κ3) is 9.01. The van der Waals surface area contributed by atoms with Crippen LogP contribution in [0, 0.1) is 0 Å². The van der Waals surface area contributed by atoms with Gasteiger partial charge in [0.05, 0.1) is 13.1 Å². The molecule has 4 amide bonds. The Morgan fingerprint density at radius 1 is 0.759 bits per heavy atom. The SMILES string of the molecule is O=C(NCCCCCNC(=O)OCCN1CCCC1=O)OCCN1CCCC1=O. The minimum atomic E-state index is -0.477. The summed E-state index contributed by atoms with van der Waals surface area (Å²) in [6, 6.07) is 0. The van der Waals surface area contributed by atoms with E-state index in [-0.39, 0.29) is 25.0 Å². The van der Waals surface area contributed by atoms with Crippen molar-refractivity contribution in [2.75, 3.05) is 52.5 Å². The molecule has 0 bridgehead atoms. The lowest BCUT2D eigenvalue weighted by Crippen LogP contribution is -2.32. The summed E-state index contributed by atoms with van der Waals surface area (Å²) in [5.74, 6) is 0.237. The topological polar surface area (TPSA) is 117 Å². The summed E-state index contributed by atoms with van der Waals surface area (Å²) in [6.07, 6.45) is 4.34. The van der Waals surface area contributed by atoms with Gasteiger partial charge in [-0.15, -0.1) is 0 Å². The zero-order chi connectivity index (χ0) is 20.9. The molecule has 0 aliphatic carbocycles. The van der Waals surface area contributed by atoms with Crippen LogP contribution in [0.3, 0.4) is 0 Å². The Hall–Kier alpha value is -2.52. The minimum absolute atomic E-state index is 0.119. The van der Waals surface area contributed by atoms with Gasteiger partial charge in [-0.05, 0) is 32.1 Å². The van der Waals surface area contributed by atoms with E-state index in [0.29, 0.717) is 39.0 Å². The molecule has 2 aliphatic heterocycles. The maximum absolute atomic E-state index is 11.6. The van der Waals surface area contributed by atoms with Crippen molar-refractivity contribution in [1.82, 2.24) is 20.4 Å². The van der Waals surface area contributed by atoms with Gasteiger partial charge >= 0.3 is 12.2 Å². The molecule has 2 heterocycles. The highest BCUT2D eigenvalue weighted by atomic mass is 16.6. The number of ether oxygens (including phenoxy) is 2. The van der Waals surface area contributed by atoms with E-state index in [9.17, 15) is 19.2 Å². The fourth-order valence-electron chi connectivity index (χ4n) is 3.29. The third-order valence-electron chi connectivity index (χ3n) is 4.92. The zero-order valence-corrected chi connectivity index (χ0v) is 17.0. The van der Waals surface area contributed by atoms with E-state index in [0.717, 1.165) is 45.2 Å². The number of carbonyl (C=O) groups is 4. The summed E-state index contributed by atoms with van der Waals surface area (Å²) in [5.41, 5.74) is 0. The van der Waals surface area contributed by atoms with Crippen LogP contribution in [0.2, 0.25) is 0 Å². The third-order valence-corrected chi connectivity index (χ3v) is 4.92. The Kier molecular flexibility index (Phi) is 10.1. The van der Waals surface area contributed by atoms with E-state index < -0.39 is 12.2 Å². The van der Waals surface area contributed by atoms with E-state index in [4.69, 9.17) is 9.47 Å². The molecule has 2 N–H and O–H groups in total. The molecule has 0 aromatic carbocycles. The molecule has 2 rings (SSSR count). The molecular formula is C19H32N4O6. The fourth-order valence-corrected chi connectivity index (χ4v) is 3.29. The van der Waals surface area contributed by atoms with Crippen LogP contribution in [0.4, 0.5) is 9.59 Å². The second kappa shape index (κ2) is 12.8. The summed E-state index contributed by atoms with van der Waals surface area (Å²) < 4.78 is 10.1. The quantitative estimate of drug-likeness (QED) is 0.459. The van der Waals surface area contributed by atoms with Gasteiger partial charge in [0.2, 0.25) is 11.8 Å². The highest BCUT2D eigenvalue weighted by Gasteiger charge is 2.20. The molecular weight excluding hydrogens is 380 g/mol. The molecule has 0 saturated carbocycles. The van der Waals surface area contributed by atoms with Crippen LogP contribution < -0.4 is 10.6 Å². The molecule has 2 aliphatic rings. The Labute approximate surface area is 171 Å². The van der Waals surface area contributed by atoms with Crippen molar-refractivity contribution in [3.8, 4) is 0 Å². The first-order valence-corrected chi connectivity index (χ1v) is 10.4. The summed E-state index contributed by atoms with van der Waals surface area (Å²) >= 11 is 0. The molecule has 0 unspecified atom stereocenters. The molecule has 2 saturated heterocycles. The number of alkyl carbamates (subject to hydrolysis) is 2. The van der Waals surface area contributed by atoms with Gasteiger partial charge in [0.1, 0.15) is 13.2 Å². The number of nitrogens with zero attached hydrogens (tertiary/aromatic N) is 2. The van der Waals surface area contributed by atoms with Crippen LogP contribution in [0.5, 0.6) is 0 Å². The van der Waals surface area contributed by atoms with Gasteiger partial charge in [-0.2, -0.15) is 0 Å². The zero-order valence-electron chi connectivity index (χ0n) is 17.0. The van der Waals surface area contributed by atoms with E-state index in [2.05, 4.69) is 10.6 Å². The van der Waals surface area contributed by atoms with Gasteiger partial charge < -0.3 is 29.9 Å². The molecule has 0 aromatic heterocycles. The Balaban J connectivity index is 1.35. The highest BCUT2D eigenvalue weighted by molar-refractivity contribution is 5.78. The van der Waals surface area contributed by atoms with Crippen LogP contribution >= 0.6 is 0 Å². The lowest BCUT2D eigenvalue weighted by Gasteiger charge is -2.15. The van der Waals surface area contributed by atoms with Gasteiger partial charge in [0, 0.05) is 39.0 Å². The Morgan fingerprint density at radius 3 is 1.59 bits per heavy atom. The van der Waals surface area contributed by atoms with E-state index in [1.54, 1.807) is 9.80 Å². The molecule has 10 nitrogen and oxygen atoms in total. The number of hydrogen-bond donors (Lipinski definition) is 2. The van der Waals surface area contributed by atoms with Crippen molar-refractivity contribution >= 4 is 24.0 Å². The van der Waals surface area contributed by atoms with Crippen molar-refractivity contribution in [2.24, 2.45) is 0 Å². The molecule has 0 atom stereocenters. The number of hydrogen-bond acceptors (Lipinski definition) is 6. The predicted molar refractivity (Wildman–Crippen MR) is 104 cm³/mol. The van der Waals surface area contributed by atoms with Crippen molar-refractivity contribution in [3.63, 3.8) is 0 Å². The number of nitrogens with one attached hydrogen (secondary N) is 2. The molecule has 29 heavy (non-hydrogen) atoms. The van der Waals surface area contributed by atoms with Crippen LogP contribution in [0.1, 0.15) is 44.9 Å². The molecule has 0 spiro atoms. The lowest BCUT2D eigenvalue weighted by molar-refractivity contribution is -0.128. The maximum Gasteiger partial charge on any atom is 0.407 e. The average Bonchev–Trinajstić information content (AvgIpc) is 3.29. The predicted octanol–water partition coefficient (Wildman–Crippen LogP) is 0.854. The first kappa shape index (κ1) is 22.8. The van der Waals surface area contributed by atoms with E-state index in [1.165, 1.54) is 0 Å².